The van der Waals surface area contributed by atoms with E-state index < -0.39 is 5.97 Å². The Balaban J connectivity index is 1.97. The number of amides is 1. The van der Waals surface area contributed by atoms with Gasteiger partial charge in [-0.25, -0.2) is 0 Å². The number of piperidine rings is 1. The summed E-state index contributed by atoms with van der Waals surface area (Å²) in [5.74, 6) is -1.13. The molecule has 0 aromatic heterocycles. The van der Waals surface area contributed by atoms with Crippen molar-refractivity contribution in [2.75, 3.05) is 13.1 Å². The molecule has 0 spiro atoms. The van der Waals surface area contributed by atoms with E-state index in [1.807, 2.05) is 13.8 Å². The van der Waals surface area contributed by atoms with Crippen molar-refractivity contribution in [3.8, 4) is 0 Å². The molecule has 5 nitrogen and oxygen atoms in total. The molecule has 1 amide bonds. The van der Waals surface area contributed by atoms with Gasteiger partial charge in [0, 0.05) is 31.1 Å². The normalized spacial score (nSPS) is 29.0. The van der Waals surface area contributed by atoms with Crippen LogP contribution in [0.4, 0.5) is 0 Å². The van der Waals surface area contributed by atoms with Crippen molar-refractivity contribution in [2.24, 2.45) is 11.8 Å². The average molecular weight is 268 g/mol. The summed E-state index contributed by atoms with van der Waals surface area (Å²) in [6.45, 7) is 5.15. The zero-order chi connectivity index (χ0) is 14.0. The van der Waals surface area contributed by atoms with Crippen LogP contribution in [0, 0.1) is 11.8 Å². The molecule has 108 valence electrons. The Morgan fingerprint density at radius 2 is 1.95 bits per heavy atom. The van der Waals surface area contributed by atoms with Crippen molar-refractivity contribution in [1.29, 1.82) is 0 Å². The third-order valence-corrected chi connectivity index (χ3v) is 4.29. The summed E-state index contributed by atoms with van der Waals surface area (Å²) in [7, 11) is 0. The first-order valence-electron chi connectivity index (χ1n) is 7.24. The number of likely N-dealkylation sites (tertiary alicyclic amines) is 1. The van der Waals surface area contributed by atoms with Crippen LogP contribution >= 0.6 is 0 Å². The van der Waals surface area contributed by atoms with E-state index in [0.717, 1.165) is 19.4 Å². The summed E-state index contributed by atoms with van der Waals surface area (Å²) >= 11 is 0. The van der Waals surface area contributed by atoms with Crippen molar-refractivity contribution in [2.45, 2.75) is 51.6 Å². The van der Waals surface area contributed by atoms with Crippen molar-refractivity contribution < 1.29 is 14.7 Å². The summed E-state index contributed by atoms with van der Waals surface area (Å²) < 4.78 is 0. The fourth-order valence-corrected chi connectivity index (χ4v) is 2.83. The lowest BCUT2D eigenvalue weighted by atomic mass is 9.86. The second-order valence-corrected chi connectivity index (χ2v) is 6.17. The van der Waals surface area contributed by atoms with Crippen molar-refractivity contribution in [3.63, 3.8) is 0 Å². The number of carboxylic acids is 1. The molecule has 0 aromatic rings. The number of carbonyl (C=O) groups is 2. The summed E-state index contributed by atoms with van der Waals surface area (Å²) in [5, 5.41) is 12.2. The highest BCUT2D eigenvalue weighted by Crippen LogP contribution is 2.29. The van der Waals surface area contributed by atoms with Crippen molar-refractivity contribution in [3.05, 3.63) is 0 Å². The SMILES string of the molecule is CC(C)C(=O)NC1CC(C(=O)O)CN(C2CCC2)C1. The summed E-state index contributed by atoms with van der Waals surface area (Å²) in [6.07, 6.45) is 4.12. The Morgan fingerprint density at radius 1 is 1.26 bits per heavy atom. The molecule has 1 saturated heterocycles. The van der Waals surface area contributed by atoms with Crippen molar-refractivity contribution in [1.82, 2.24) is 10.2 Å². The molecule has 1 saturated carbocycles. The Kier molecular flexibility index (Phi) is 4.45. The van der Waals surface area contributed by atoms with Gasteiger partial charge in [-0.2, -0.15) is 0 Å². The molecule has 1 aliphatic heterocycles. The number of nitrogens with one attached hydrogen (secondary N) is 1. The van der Waals surface area contributed by atoms with Crippen LogP contribution < -0.4 is 5.32 Å². The molecule has 2 N–H and O–H groups in total. The number of hydrogen-bond acceptors (Lipinski definition) is 3. The van der Waals surface area contributed by atoms with Crippen LogP contribution in [0.5, 0.6) is 0 Å². The summed E-state index contributed by atoms with van der Waals surface area (Å²) in [6, 6.07) is 0.506. The van der Waals surface area contributed by atoms with E-state index in [-0.39, 0.29) is 23.8 Å². The fraction of sp³-hybridized carbons (Fsp3) is 0.857. The van der Waals surface area contributed by atoms with E-state index >= 15 is 0 Å². The summed E-state index contributed by atoms with van der Waals surface area (Å²) in [4.78, 5) is 25.3. The largest absolute Gasteiger partial charge is 0.481 e. The van der Waals surface area contributed by atoms with Gasteiger partial charge in [-0.15, -0.1) is 0 Å². The predicted molar refractivity (Wildman–Crippen MR) is 71.7 cm³/mol. The predicted octanol–water partition coefficient (Wildman–Crippen LogP) is 1.09. The molecule has 2 rings (SSSR count). The maximum Gasteiger partial charge on any atom is 0.307 e. The Bertz CT molecular complexity index is 353. The third-order valence-electron chi connectivity index (χ3n) is 4.29. The minimum atomic E-state index is -0.743. The number of hydrogen-bond donors (Lipinski definition) is 2. The van der Waals surface area contributed by atoms with E-state index in [0.29, 0.717) is 19.0 Å². The molecular weight excluding hydrogens is 244 g/mol. The smallest absolute Gasteiger partial charge is 0.307 e. The van der Waals surface area contributed by atoms with E-state index in [1.54, 1.807) is 0 Å². The van der Waals surface area contributed by atoms with Crippen LogP contribution in [-0.4, -0.2) is 47.1 Å². The number of carboxylic acid groups (broad SMARTS) is 1. The Hall–Kier alpha value is -1.10. The number of nitrogens with zero attached hydrogens (tertiary/aromatic N) is 1. The molecule has 0 bridgehead atoms. The topological polar surface area (TPSA) is 69.6 Å². The Labute approximate surface area is 114 Å². The first-order chi connectivity index (χ1) is 8.97. The van der Waals surface area contributed by atoms with Gasteiger partial charge >= 0.3 is 5.97 Å². The summed E-state index contributed by atoms with van der Waals surface area (Å²) in [5.41, 5.74) is 0. The van der Waals surface area contributed by atoms with Gasteiger partial charge in [-0.05, 0) is 19.3 Å². The van der Waals surface area contributed by atoms with E-state index in [9.17, 15) is 14.7 Å². The molecule has 2 atom stereocenters. The highest BCUT2D eigenvalue weighted by Gasteiger charge is 2.37. The molecule has 1 heterocycles. The standard InChI is InChI=1S/C14H24N2O3/c1-9(2)13(17)15-11-6-10(14(18)19)7-16(8-11)12-4-3-5-12/h9-12H,3-8H2,1-2H3,(H,15,17)(H,18,19). The maximum absolute atomic E-state index is 11.8. The van der Waals surface area contributed by atoms with Gasteiger partial charge in [-0.1, -0.05) is 20.3 Å². The first-order valence-corrected chi connectivity index (χ1v) is 7.24. The molecular formula is C14H24N2O3. The van der Waals surface area contributed by atoms with E-state index in [4.69, 9.17) is 0 Å². The molecule has 2 fully saturated rings. The lowest BCUT2D eigenvalue weighted by molar-refractivity contribution is -0.145. The lowest BCUT2D eigenvalue weighted by Crippen LogP contribution is -2.56. The highest BCUT2D eigenvalue weighted by molar-refractivity contribution is 5.78. The molecule has 2 aliphatic rings. The zero-order valence-electron chi connectivity index (χ0n) is 11.8. The van der Waals surface area contributed by atoms with Gasteiger partial charge in [0.15, 0.2) is 0 Å². The molecule has 19 heavy (non-hydrogen) atoms. The van der Waals surface area contributed by atoms with Crippen molar-refractivity contribution >= 4 is 11.9 Å². The van der Waals surface area contributed by atoms with Crippen LogP contribution in [0.1, 0.15) is 39.5 Å². The van der Waals surface area contributed by atoms with Gasteiger partial charge in [0.25, 0.3) is 0 Å². The van der Waals surface area contributed by atoms with Gasteiger partial charge in [0.1, 0.15) is 0 Å². The van der Waals surface area contributed by atoms with E-state index in [2.05, 4.69) is 10.2 Å². The monoisotopic (exact) mass is 268 g/mol. The first kappa shape index (κ1) is 14.3. The van der Waals surface area contributed by atoms with Crippen LogP contribution in [-0.2, 0) is 9.59 Å². The van der Waals surface area contributed by atoms with Gasteiger partial charge in [0.05, 0.1) is 5.92 Å². The second-order valence-electron chi connectivity index (χ2n) is 6.17. The number of carbonyl (C=O) groups excluding carboxylic acids is 1. The fourth-order valence-electron chi connectivity index (χ4n) is 2.83. The third kappa shape index (κ3) is 3.47. The second kappa shape index (κ2) is 5.90. The van der Waals surface area contributed by atoms with Crippen LogP contribution in [0.25, 0.3) is 0 Å². The maximum atomic E-state index is 11.8. The van der Waals surface area contributed by atoms with E-state index in [1.165, 1.54) is 6.42 Å². The lowest BCUT2D eigenvalue weighted by Gasteiger charge is -2.44. The molecule has 5 heteroatoms. The average Bonchev–Trinajstić information content (AvgIpc) is 2.25. The quantitative estimate of drug-likeness (QED) is 0.800. The van der Waals surface area contributed by atoms with Gasteiger partial charge in [0.2, 0.25) is 5.91 Å². The van der Waals surface area contributed by atoms with Gasteiger partial charge < -0.3 is 10.4 Å². The molecule has 0 radical (unpaired) electrons. The molecule has 0 aromatic carbocycles. The number of aliphatic carboxylic acids is 1. The Morgan fingerprint density at radius 3 is 2.42 bits per heavy atom. The van der Waals surface area contributed by atoms with Crippen LogP contribution in [0.15, 0.2) is 0 Å². The van der Waals surface area contributed by atoms with Gasteiger partial charge in [-0.3, -0.25) is 14.5 Å². The minimum absolute atomic E-state index is 0.0181. The number of rotatable bonds is 4. The zero-order valence-corrected chi connectivity index (χ0v) is 11.8. The highest BCUT2D eigenvalue weighted by atomic mass is 16.4. The molecule has 2 unspecified atom stereocenters. The van der Waals surface area contributed by atoms with Crippen LogP contribution in [0.2, 0.25) is 0 Å². The minimum Gasteiger partial charge on any atom is -0.481 e. The van der Waals surface area contributed by atoms with Crippen LogP contribution in [0.3, 0.4) is 0 Å². The molecule has 1 aliphatic carbocycles.